The molecule has 5 rings (SSSR count). The number of rotatable bonds is 9. The molecule has 10 nitrogen and oxygen atoms in total. The van der Waals surface area contributed by atoms with Crippen LogP contribution in [0.4, 0.5) is 11.4 Å². The molecule has 2 N–H and O–H groups in total. The van der Waals surface area contributed by atoms with Crippen molar-refractivity contribution in [1.82, 2.24) is 4.90 Å². The Morgan fingerprint density at radius 2 is 1.93 bits per heavy atom. The van der Waals surface area contributed by atoms with Crippen LogP contribution in [0, 0.1) is 5.92 Å². The average molecular weight is 641 g/mol. The van der Waals surface area contributed by atoms with Crippen LogP contribution in [0.25, 0.3) is 0 Å². The Morgan fingerprint density at radius 1 is 1.19 bits per heavy atom. The van der Waals surface area contributed by atoms with Gasteiger partial charge in [0.05, 0.1) is 31.3 Å². The summed E-state index contributed by atoms with van der Waals surface area (Å²) in [6, 6.07) is 12.2. The van der Waals surface area contributed by atoms with Gasteiger partial charge in [-0.05, 0) is 48.7 Å². The average Bonchev–Trinajstić information content (AvgIpc) is 3.51. The summed E-state index contributed by atoms with van der Waals surface area (Å²) in [5, 5.41) is 21.4. The fraction of sp³-hybridized carbons (Fsp3) is 0.419. The van der Waals surface area contributed by atoms with Gasteiger partial charge in [0.15, 0.2) is 11.8 Å². The van der Waals surface area contributed by atoms with Gasteiger partial charge in [0.25, 0.3) is 5.91 Å². The first-order chi connectivity index (χ1) is 20.0. The number of aliphatic hydroxyl groups excluding tert-OH is 1. The van der Waals surface area contributed by atoms with E-state index in [-0.39, 0.29) is 43.8 Å². The SMILES string of the molecule is CC(=O)OC1CC(=O)N1c1ccc(CN2C(=O)[C@@](O)([C@@H](C)/C=C/CC(=O)N3CCC[C@H]3CO)c3cc(Br)ccc32)cc1. The van der Waals surface area contributed by atoms with Crippen molar-refractivity contribution >= 4 is 51.0 Å². The van der Waals surface area contributed by atoms with Crippen molar-refractivity contribution < 1.29 is 34.1 Å². The molecule has 4 atom stereocenters. The van der Waals surface area contributed by atoms with E-state index >= 15 is 0 Å². The lowest BCUT2D eigenvalue weighted by Gasteiger charge is -2.39. The molecule has 2 fully saturated rings. The summed E-state index contributed by atoms with van der Waals surface area (Å²) in [7, 11) is 0. The molecular weight excluding hydrogens is 606 g/mol. The number of likely N-dealkylation sites (tertiary alicyclic amines) is 1. The number of halogens is 1. The zero-order chi connectivity index (χ0) is 30.2. The fourth-order valence-electron chi connectivity index (χ4n) is 5.99. The second kappa shape index (κ2) is 12.0. The molecule has 11 heteroatoms. The Balaban J connectivity index is 1.32. The van der Waals surface area contributed by atoms with Gasteiger partial charge in [-0.1, -0.05) is 47.1 Å². The zero-order valence-electron chi connectivity index (χ0n) is 23.5. The molecule has 222 valence electrons. The Hall–Kier alpha value is -3.54. The summed E-state index contributed by atoms with van der Waals surface area (Å²) in [6.07, 6.45) is 4.66. The maximum Gasteiger partial charge on any atom is 0.304 e. The second-order valence-corrected chi connectivity index (χ2v) is 11.9. The topological polar surface area (TPSA) is 128 Å². The molecule has 3 heterocycles. The third-order valence-corrected chi connectivity index (χ3v) is 8.77. The standard InChI is InChI=1S/C31H34BrN3O7/c1-19(5-3-7-27(38)33-14-4-6-24(33)18-36)31(41)25-15-22(32)10-13-26(25)34(30(31)40)17-21-8-11-23(12-9-21)35-28(39)16-29(35)42-20(2)37/h3,5,8-13,15,19,24,29,36,41H,4,6-7,14,16-18H2,1-2H3/b5-3+/t19-,24-,29?,31+/m0/s1. The molecule has 3 aliphatic heterocycles. The van der Waals surface area contributed by atoms with Crippen LogP contribution in [0.3, 0.4) is 0 Å². The van der Waals surface area contributed by atoms with Crippen LogP contribution in [0.15, 0.2) is 59.1 Å². The van der Waals surface area contributed by atoms with Crippen molar-refractivity contribution in [2.45, 2.75) is 63.9 Å². The summed E-state index contributed by atoms with van der Waals surface area (Å²) in [5.41, 5.74) is 0.572. The number of fused-ring (bicyclic) bond motifs is 1. The minimum atomic E-state index is -1.85. The summed E-state index contributed by atoms with van der Waals surface area (Å²) >= 11 is 3.46. The highest BCUT2D eigenvalue weighted by Gasteiger charge is 2.52. The lowest BCUT2D eigenvalue weighted by atomic mass is 9.83. The van der Waals surface area contributed by atoms with E-state index in [2.05, 4.69) is 15.9 Å². The normalized spacial score (nSPS) is 24.3. The largest absolute Gasteiger partial charge is 0.441 e. The van der Waals surface area contributed by atoms with Crippen molar-refractivity contribution in [1.29, 1.82) is 0 Å². The summed E-state index contributed by atoms with van der Waals surface area (Å²) in [6.45, 7) is 3.79. The highest BCUT2D eigenvalue weighted by Crippen LogP contribution is 2.47. The first kappa shape index (κ1) is 29.9. The van der Waals surface area contributed by atoms with Gasteiger partial charge in [0, 0.05) is 41.5 Å². The Morgan fingerprint density at radius 3 is 2.60 bits per heavy atom. The number of ether oxygens (including phenoxy) is 1. The monoisotopic (exact) mass is 639 g/mol. The van der Waals surface area contributed by atoms with Crippen molar-refractivity contribution in [3.8, 4) is 0 Å². The maximum atomic E-state index is 13.9. The highest BCUT2D eigenvalue weighted by atomic mass is 79.9. The molecule has 0 radical (unpaired) electrons. The molecule has 0 bridgehead atoms. The fourth-order valence-corrected chi connectivity index (χ4v) is 6.35. The molecule has 2 aromatic rings. The number of benzene rings is 2. The van der Waals surface area contributed by atoms with Gasteiger partial charge in [0.1, 0.15) is 0 Å². The molecule has 0 aliphatic carbocycles. The number of aliphatic hydroxyl groups is 2. The van der Waals surface area contributed by atoms with E-state index in [1.165, 1.54) is 11.8 Å². The maximum absolute atomic E-state index is 13.9. The van der Waals surface area contributed by atoms with E-state index in [0.717, 1.165) is 22.9 Å². The molecule has 0 spiro atoms. The lowest BCUT2D eigenvalue weighted by molar-refractivity contribution is -0.154. The van der Waals surface area contributed by atoms with Crippen LogP contribution < -0.4 is 9.80 Å². The van der Waals surface area contributed by atoms with E-state index in [4.69, 9.17) is 4.74 Å². The summed E-state index contributed by atoms with van der Waals surface area (Å²) in [5.74, 6) is -1.81. The first-order valence-electron chi connectivity index (χ1n) is 14.0. The lowest BCUT2D eigenvalue weighted by Crippen LogP contribution is -2.54. The van der Waals surface area contributed by atoms with Crippen molar-refractivity contribution in [2.75, 3.05) is 23.0 Å². The summed E-state index contributed by atoms with van der Waals surface area (Å²) in [4.78, 5) is 54.7. The molecule has 3 amide bonds. The predicted octanol–water partition coefficient (Wildman–Crippen LogP) is 3.38. The Bertz CT molecular complexity index is 1430. The van der Waals surface area contributed by atoms with Gasteiger partial charge in [0.2, 0.25) is 11.8 Å². The highest BCUT2D eigenvalue weighted by molar-refractivity contribution is 9.10. The quantitative estimate of drug-likeness (QED) is 0.245. The number of anilines is 2. The second-order valence-electron chi connectivity index (χ2n) is 11.0. The Kier molecular flexibility index (Phi) is 8.54. The van der Waals surface area contributed by atoms with E-state index in [0.29, 0.717) is 23.5 Å². The third kappa shape index (κ3) is 5.48. The van der Waals surface area contributed by atoms with Crippen LogP contribution in [-0.4, -0.2) is 64.2 Å². The van der Waals surface area contributed by atoms with Crippen LogP contribution >= 0.6 is 15.9 Å². The van der Waals surface area contributed by atoms with Gasteiger partial charge in [-0.25, -0.2) is 0 Å². The molecule has 1 unspecified atom stereocenters. The predicted molar refractivity (Wildman–Crippen MR) is 158 cm³/mol. The van der Waals surface area contributed by atoms with Gasteiger partial charge >= 0.3 is 5.97 Å². The number of hydrogen-bond donors (Lipinski definition) is 2. The van der Waals surface area contributed by atoms with Gasteiger partial charge in [-0.15, -0.1) is 0 Å². The molecule has 0 saturated carbocycles. The molecule has 0 aromatic heterocycles. The van der Waals surface area contributed by atoms with Crippen molar-refractivity contribution in [3.05, 3.63) is 70.2 Å². The molecule has 2 aromatic carbocycles. The molecular formula is C31H34BrN3O7. The van der Waals surface area contributed by atoms with Gasteiger partial charge in [-0.2, -0.15) is 0 Å². The van der Waals surface area contributed by atoms with Crippen molar-refractivity contribution in [2.24, 2.45) is 5.92 Å². The van der Waals surface area contributed by atoms with Crippen LogP contribution in [0.5, 0.6) is 0 Å². The number of carbonyl (C=O) groups is 4. The van der Waals surface area contributed by atoms with E-state index < -0.39 is 29.6 Å². The Labute approximate surface area is 252 Å². The third-order valence-electron chi connectivity index (χ3n) is 8.28. The number of nitrogens with zero attached hydrogens (tertiary/aromatic N) is 3. The number of carbonyl (C=O) groups excluding carboxylic acids is 4. The van der Waals surface area contributed by atoms with Gasteiger partial charge < -0.3 is 24.7 Å². The molecule has 3 aliphatic rings. The zero-order valence-corrected chi connectivity index (χ0v) is 25.1. The first-order valence-corrected chi connectivity index (χ1v) is 14.8. The number of amides is 3. The van der Waals surface area contributed by atoms with E-state index in [9.17, 15) is 29.4 Å². The van der Waals surface area contributed by atoms with E-state index in [1.54, 1.807) is 65.3 Å². The molecule has 2 saturated heterocycles. The minimum Gasteiger partial charge on any atom is -0.441 e. The van der Waals surface area contributed by atoms with Gasteiger partial charge in [-0.3, -0.25) is 24.1 Å². The number of esters is 1. The number of β-lactam (4-membered cyclic amide) rings is 1. The molecule has 42 heavy (non-hydrogen) atoms. The minimum absolute atomic E-state index is 0.0600. The van der Waals surface area contributed by atoms with Crippen LogP contribution in [-0.2, 0) is 36.1 Å². The van der Waals surface area contributed by atoms with Crippen LogP contribution in [0.2, 0.25) is 0 Å². The smallest absolute Gasteiger partial charge is 0.304 e. The summed E-state index contributed by atoms with van der Waals surface area (Å²) < 4.78 is 5.91. The van der Waals surface area contributed by atoms with E-state index in [1.807, 2.05) is 6.07 Å². The van der Waals surface area contributed by atoms with Crippen molar-refractivity contribution in [3.63, 3.8) is 0 Å². The number of hydrogen-bond acceptors (Lipinski definition) is 7. The van der Waals surface area contributed by atoms with Crippen LogP contribution in [0.1, 0.15) is 50.7 Å².